The minimum atomic E-state index is 0.449. The minimum Gasteiger partial charge on any atom is -0.358 e. The van der Waals surface area contributed by atoms with Crippen LogP contribution in [0.2, 0.25) is 5.15 Å². The number of carbonyl (C=O) groups is 1. The Morgan fingerprint density at radius 2 is 2.27 bits per heavy atom. The summed E-state index contributed by atoms with van der Waals surface area (Å²) < 4.78 is 0. The first-order valence-corrected chi connectivity index (χ1v) is 4.84. The van der Waals surface area contributed by atoms with Gasteiger partial charge in [0.25, 0.3) is 0 Å². The maximum absolute atomic E-state index is 10.5. The second-order valence-electron chi connectivity index (χ2n) is 3.28. The molecule has 0 amide bonds. The number of aryl methyl sites for hydroxylation is 1. The van der Waals surface area contributed by atoms with Crippen LogP contribution in [0.4, 0.5) is 0 Å². The number of carbonyl (C=O) groups excluding carboxylic acids is 1. The lowest BCUT2D eigenvalue weighted by Crippen LogP contribution is -1.84. The Hall–Kier alpha value is -1.61. The Kier molecular flexibility index (Phi) is 2.56. The van der Waals surface area contributed by atoms with Gasteiger partial charge in [-0.15, -0.1) is 0 Å². The monoisotopic (exact) mass is 220 g/mol. The number of nitrogens with zero attached hydrogens (tertiary/aromatic N) is 1. The van der Waals surface area contributed by atoms with Crippen LogP contribution in [0.5, 0.6) is 0 Å². The van der Waals surface area contributed by atoms with Crippen molar-refractivity contribution < 1.29 is 4.79 Å². The van der Waals surface area contributed by atoms with Crippen LogP contribution in [-0.2, 0) is 0 Å². The third-order valence-electron chi connectivity index (χ3n) is 2.21. The largest absolute Gasteiger partial charge is 0.358 e. The van der Waals surface area contributed by atoms with Crippen molar-refractivity contribution in [2.75, 3.05) is 0 Å². The number of pyridine rings is 1. The first kappa shape index (κ1) is 9.93. The molecule has 0 aromatic carbocycles. The normalized spacial score (nSPS) is 10.3. The highest BCUT2D eigenvalue weighted by Crippen LogP contribution is 2.25. The van der Waals surface area contributed by atoms with Crippen LogP contribution in [0, 0.1) is 6.92 Å². The number of rotatable bonds is 2. The predicted molar refractivity (Wildman–Crippen MR) is 59.2 cm³/mol. The Labute approximate surface area is 92.1 Å². The molecule has 0 radical (unpaired) electrons. The van der Waals surface area contributed by atoms with Gasteiger partial charge in [0.2, 0.25) is 0 Å². The van der Waals surface area contributed by atoms with Gasteiger partial charge in [-0.05, 0) is 30.2 Å². The summed E-state index contributed by atoms with van der Waals surface area (Å²) in [5.41, 5.74) is 3.51. The van der Waals surface area contributed by atoms with Crippen LogP contribution in [0.1, 0.15) is 16.1 Å². The smallest absolute Gasteiger partial charge is 0.166 e. The zero-order valence-corrected chi connectivity index (χ0v) is 8.88. The van der Waals surface area contributed by atoms with Crippen LogP contribution in [0.25, 0.3) is 11.1 Å². The highest BCUT2D eigenvalue weighted by Gasteiger charge is 2.05. The number of hydrogen-bond donors (Lipinski definition) is 1. The molecule has 0 fully saturated rings. The summed E-state index contributed by atoms with van der Waals surface area (Å²) in [5, 5.41) is 0.449. The predicted octanol–water partition coefficient (Wildman–Crippen LogP) is 2.85. The molecule has 0 aliphatic rings. The van der Waals surface area contributed by atoms with Gasteiger partial charge in [-0.1, -0.05) is 11.6 Å². The molecular formula is C11H9ClN2O. The number of aldehydes is 1. The van der Waals surface area contributed by atoms with E-state index in [1.165, 1.54) is 0 Å². The van der Waals surface area contributed by atoms with Crippen molar-refractivity contribution in [1.29, 1.82) is 0 Å². The molecule has 0 bridgehead atoms. The second kappa shape index (κ2) is 3.87. The molecule has 3 nitrogen and oxygen atoms in total. The first-order chi connectivity index (χ1) is 7.20. The van der Waals surface area contributed by atoms with E-state index in [1.54, 1.807) is 24.5 Å². The third-order valence-corrected chi connectivity index (χ3v) is 2.42. The Morgan fingerprint density at radius 3 is 2.93 bits per heavy atom. The molecule has 0 aliphatic carbocycles. The molecule has 2 heterocycles. The van der Waals surface area contributed by atoms with Gasteiger partial charge in [-0.3, -0.25) is 4.79 Å². The van der Waals surface area contributed by atoms with Crippen molar-refractivity contribution in [3.8, 4) is 11.1 Å². The summed E-state index contributed by atoms with van der Waals surface area (Å²) >= 11 is 5.82. The lowest BCUT2D eigenvalue weighted by molar-refractivity contribution is 0.111. The lowest BCUT2D eigenvalue weighted by atomic mass is 10.1. The molecule has 0 atom stereocenters. The molecule has 4 heteroatoms. The molecule has 2 rings (SSSR count). The second-order valence-corrected chi connectivity index (χ2v) is 3.67. The van der Waals surface area contributed by atoms with E-state index < -0.39 is 0 Å². The summed E-state index contributed by atoms with van der Waals surface area (Å²) in [7, 11) is 0. The van der Waals surface area contributed by atoms with Gasteiger partial charge >= 0.3 is 0 Å². The number of hydrogen-bond acceptors (Lipinski definition) is 2. The van der Waals surface area contributed by atoms with E-state index in [0.29, 0.717) is 10.8 Å². The minimum absolute atomic E-state index is 0.449. The Bertz CT molecular complexity index is 505. The quantitative estimate of drug-likeness (QED) is 0.625. The summed E-state index contributed by atoms with van der Waals surface area (Å²) in [6, 6.07) is 3.57. The highest BCUT2D eigenvalue weighted by atomic mass is 35.5. The SMILES string of the molecule is Cc1cnc(Cl)cc1-c1c[nH]c(C=O)c1. The van der Waals surface area contributed by atoms with Gasteiger partial charge in [0.05, 0.1) is 5.69 Å². The fourth-order valence-electron chi connectivity index (χ4n) is 1.44. The summed E-state index contributed by atoms with van der Waals surface area (Å²) in [4.78, 5) is 17.4. The number of H-pyrrole nitrogens is 1. The standard InChI is InChI=1S/C11H9ClN2O/c1-7-4-14-11(12)3-10(7)8-2-9(6-15)13-5-8/h2-6,13H,1H3. The maximum atomic E-state index is 10.5. The summed E-state index contributed by atoms with van der Waals surface area (Å²) in [5.74, 6) is 0. The summed E-state index contributed by atoms with van der Waals surface area (Å²) in [6.45, 7) is 1.95. The van der Waals surface area contributed by atoms with Crippen LogP contribution < -0.4 is 0 Å². The van der Waals surface area contributed by atoms with E-state index in [-0.39, 0.29) is 0 Å². The number of nitrogens with one attached hydrogen (secondary N) is 1. The topological polar surface area (TPSA) is 45.8 Å². The van der Waals surface area contributed by atoms with Crippen molar-refractivity contribution in [2.24, 2.45) is 0 Å². The van der Waals surface area contributed by atoms with Gasteiger partial charge in [-0.2, -0.15) is 0 Å². The van der Waals surface area contributed by atoms with Crippen LogP contribution in [0.3, 0.4) is 0 Å². The van der Waals surface area contributed by atoms with Crippen molar-refractivity contribution in [3.05, 3.63) is 40.9 Å². The fraction of sp³-hybridized carbons (Fsp3) is 0.0909. The number of halogens is 1. The molecule has 0 spiro atoms. The zero-order valence-electron chi connectivity index (χ0n) is 8.12. The molecular weight excluding hydrogens is 212 g/mol. The molecule has 1 N–H and O–H groups in total. The van der Waals surface area contributed by atoms with Crippen molar-refractivity contribution in [1.82, 2.24) is 9.97 Å². The highest BCUT2D eigenvalue weighted by molar-refractivity contribution is 6.29. The van der Waals surface area contributed by atoms with Gasteiger partial charge < -0.3 is 4.98 Å². The van der Waals surface area contributed by atoms with Crippen LogP contribution in [-0.4, -0.2) is 16.3 Å². The van der Waals surface area contributed by atoms with Gasteiger partial charge in [0.15, 0.2) is 6.29 Å². The molecule has 0 saturated carbocycles. The van der Waals surface area contributed by atoms with Gasteiger partial charge in [0.1, 0.15) is 5.15 Å². The maximum Gasteiger partial charge on any atom is 0.166 e. The molecule has 2 aromatic heterocycles. The van der Waals surface area contributed by atoms with E-state index >= 15 is 0 Å². The molecule has 0 saturated heterocycles. The average Bonchev–Trinajstić information content (AvgIpc) is 2.70. The first-order valence-electron chi connectivity index (χ1n) is 4.47. The van der Waals surface area contributed by atoms with Crippen LogP contribution in [0.15, 0.2) is 24.5 Å². The molecule has 0 aliphatic heterocycles. The third kappa shape index (κ3) is 1.92. The van der Waals surface area contributed by atoms with Crippen molar-refractivity contribution in [3.63, 3.8) is 0 Å². The fourth-order valence-corrected chi connectivity index (χ4v) is 1.60. The number of aromatic amines is 1. The van der Waals surface area contributed by atoms with E-state index in [0.717, 1.165) is 23.0 Å². The van der Waals surface area contributed by atoms with Crippen LogP contribution >= 0.6 is 11.6 Å². The van der Waals surface area contributed by atoms with Gasteiger partial charge in [-0.25, -0.2) is 4.98 Å². The van der Waals surface area contributed by atoms with Gasteiger partial charge in [0, 0.05) is 18.0 Å². The zero-order chi connectivity index (χ0) is 10.8. The van der Waals surface area contributed by atoms with Crippen molar-refractivity contribution >= 4 is 17.9 Å². The van der Waals surface area contributed by atoms with E-state index in [4.69, 9.17) is 11.6 Å². The molecule has 76 valence electrons. The number of aromatic nitrogens is 2. The van der Waals surface area contributed by atoms with E-state index in [2.05, 4.69) is 9.97 Å². The summed E-state index contributed by atoms with van der Waals surface area (Å²) in [6.07, 6.45) is 4.27. The Morgan fingerprint density at radius 1 is 1.47 bits per heavy atom. The van der Waals surface area contributed by atoms with E-state index in [9.17, 15) is 4.79 Å². The average molecular weight is 221 g/mol. The van der Waals surface area contributed by atoms with E-state index in [1.807, 2.05) is 6.92 Å². The lowest BCUT2D eigenvalue weighted by Gasteiger charge is -2.02. The molecule has 0 unspecified atom stereocenters. The molecule has 2 aromatic rings. The Balaban J connectivity index is 2.52. The molecule has 15 heavy (non-hydrogen) atoms. The van der Waals surface area contributed by atoms with Crippen molar-refractivity contribution in [2.45, 2.75) is 6.92 Å².